The Morgan fingerprint density at radius 2 is 2.35 bits per heavy atom. The summed E-state index contributed by atoms with van der Waals surface area (Å²) in [5.41, 5.74) is 2.11. The Balaban J connectivity index is 2.10. The standard InChI is InChI=1S/C13H17N3O/c1-9-12-7-11(17)4-5-13(12)16(15-9)10-3-2-6-14-8-10/h4-5,7,10,14,17H,2-3,6,8H2,1H3. The van der Waals surface area contributed by atoms with Crippen LogP contribution in [0.5, 0.6) is 5.75 Å². The van der Waals surface area contributed by atoms with Gasteiger partial charge in [-0.15, -0.1) is 0 Å². The lowest BCUT2D eigenvalue weighted by Crippen LogP contribution is -2.32. The molecular weight excluding hydrogens is 214 g/mol. The van der Waals surface area contributed by atoms with Crippen molar-refractivity contribution in [2.24, 2.45) is 0 Å². The summed E-state index contributed by atoms with van der Waals surface area (Å²) in [4.78, 5) is 0. The number of nitrogens with one attached hydrogen (secondary N) is 1. The summed E-state index contributed by atoms with van der Waals surface area (Å²) in [5, 5.41) is 18.6. The van der Waals surface area contributed by atoms with Gasteiger partial charge in [0.05, 0.1) is 17.3 Å². The van der Waals surface area contributed by atoms with Gasteiger partial charge in [-0.2, -0.15) is 5.10 Å². The maximum Gasteiger partial charge on any atom is 0.116 e. The molecule has 1 aromatic carbocycles. The highest BCUT2D eigenvalue weighted by atomic mass is 16.3. The Morgan fingerprint density at radius 1 is 1.47 bits per heavy atom. The van der Waals surface area contributed by atoms with E-state index in [0.717, 1.165) is 29.7 Å². The van der Waals surface area contributed by atoms with E-state index in [-0.39, 0.29) is 0 Å². The summed E-state index contributed by atoms with van der Waals surface area (Å²) < 4.78 is 2.11. The van der Waals surface area contributed by atoms with Gasteiger partial charge < -0.3 is 10.4 Å². The molecule has 2 heterocycles. The number of nitrogens with zero attached hydrogens (tertiary/aromatic N) is 2. The molecule has 17 heavy (non-hydrogen) atoms. The number of fused-ring (bicyclic) bond motifs is 1. The number of aryl methyl sites for hydroxylation is 1. The molecule has 0 amide bonds. The van der Waals surface area contributed by atoms with Crippen LogP contribution in [0.2, 0.25) is 0 Å². The molecule has 2 aromatic rings. The van der Waals surface area contributed by atoms with E-state index in [0.29, 0.717) is 11.8 Å². The second-order valence-electron chi connectivity index (χ2n) is 4.73. The molecule has 3 rings (SSSR count). The number of benzene rings is 1. The molecule has 1 saturated heterocycles. The van der Waals surface area contributed by atoms with Gasteiger partial charge in [0.15, 0.2) is 0 Å². The average molecular weight is 231 g/mol. The van der Waals surface area contributed by atoms with E-state index in [1.165, 1.54) is 12.8 Å². The summed E-state index contributed by atoms with van der Waals surface area (Å²) in [6.45, 7) is 4.08. The van der Waals surface area contributed by atoms with Gasteiger partial charge in [-0.3, -0.25) is 4.68 Å². The normalized spacial score (nSPS) is 20.9. The molecule has 90 valence electrons. The van der Waals surface area contributed by atoms with Crippen LogP contribution in [-0.4, -0.2) is 28.0 Å². The van der Waals surface area contributed by atoms with Gasteiger partial charge in [-0.05, 0) is 44.5 Å². The molecule has 1 unspecified atom stereocenters. The molecule has 0 bridgehead atoms. The monoisotopic (exact) mass is 231 g/mol. The van der Waals surface area contributed by atoms with Gasteiger partial charge in [0, 0.05) is 11.9 Å². The zero-order chi connectivity index (χ0) is 11.8. The highest BCUT2D eigenvalue weighted by Crippen LogP contribution is 2.27. The first-order valence-electron chi connectivity index (χ1n) is 6.14. The molecule has 4 heteroatoms. The molecule has 1 aromatic heterocycles. The van der Waals surface area contributed by atoms with Crippen molar-refractivity contribution in [2.75, 3.05) is 13.1 Å². The van der Waals surface area contributed by atoms with Crippen LogP contribution in [0.1, 0.15) is 24.6 Å². The predicted molar refractivity (Wildman–Crippen MR) is 67.3 cm³/mol. The minimum Gasteiger partial charge on any atom is -0.508 e. The van der Waals surface area contributed by atoms with Crippen LogP contribution in [0.4, 0.5) is 0 Å². The SMILES string of the molecule is Cc1nn(C2CCCNC2)c2ccc(O)cc12. The lowest BCUT2D eigenvalue weighted by molar-refractivity contribution is 0.354. The maximum atomic E-state index is 9.52. The van der Waals surface area contributed by atoms with Crippen LogP contribution in [0.15, 0.2) is 18.2 Å². The molecule has 0 aliphatic carbocycles. The molecule has 2 N–H and O–H groups in total. The van der Waals surface area contributed by atoms with Gasteiger partial charge >= 0.3 is 0 Å². The van der Waals surface area contributed by atoms with Crippen LogP contribution < -0.4 is 5.32 Å². The predicted octanol–water partition coefficient (Wildman–Crippen LogP) is 1.97. The fraction of sp³-hybridized carbons (Fsp3) is 0.462. The number of hydrogen-bond donors (Lipinski definition) is 2. The van der Waals surface area contributed by atoms with Gasteiger partial charge in [-0.1, -0.05) is 0 Å². The van der Waals surface area contributed by atoms with E-state index in [1.807, 2.05) is 13.0 Å². The number of piperidine rings is 1. The molecule has 1 atom stereocenters. The average Bonchev–Trinajstić information content (AvgIpc) is 2.68. The number of aromatic hydroxyl groups is 1. The van der Waals surface area contributed by atoms with E-state index in [1.54, 1.807) is 12.1 Å². The Morgan fingerprint density at radius 3 is 3.12 bits per heavy atom. The van der Waals surface area contributed by atoms with Crippen molar-refractivity contribution in [3.8, 4) is 5.75 Å². The Hall–Kier alpha value is -1.55. The van der Waals surface area contributed by atoms with E-state index in [2.05, 4.69) is 15.1 Å². The number of rotatable bonds is 1. The Labute approximate surface area is 100 Å². The minimum absolute atomic E-state index is 0.307. The van der Waals surface area contributed by atoms with Gasteiger partial charge in [0.1, 0.15) is 5.75 Å². The molecule has 1 aliphatic heterocycles. The van der Waals surface area contributed by atoms with Crippen molar-refractivity contribution >= 4 is 10.9 Å². The maximum absolute atomic E-state index is 9.52. The summed E-state index contributed by atoms with van der Waals surface area (Å²) in [5.74, 6) is 0.307. The molecular formula is C13H17N3O. The van der Waals surface area contributed by atoms with Crippen LogP contribution in [0.25, 0.3) is 10.9 Å². The fourth-order valence-electron chi connectivity index (χ4n) is 2.60. The smallest absolute Gasteiger partial charge is 0.116 e. The number of phenols is 1. The summed E-state index contributed by atoms with van der Waals surface area (Å²) >= 11 is 0. The minimum atomic E-state index is 0.307. The summed E-state index contributed by atoms with van der Waals surface area (Å²) in [6, 6.07) is 5.92. The van der Waals surface area contributed by atoms with Gasteiger partial charge in [-0.25, -0.2) is 0 Å². The first kappa shape index (κ1) is 10.6. The van der Waals surface area contributed by atoms with Gasteiger partial charge in [0.2, 0.25) is 0 Å². The van der Waals surface area contributed by atoms with Crippen molar-refractivity contribution in [1.29, 1.82) is 0 Å². The quantitative estimate of drug-likeness (QED) is 0.789. The summed E-state index contributed by atoms with van der Waals surface area (Å²) in [6.07, 6.45) is 2.37. The Kier molecular flexibility index (Phi) is 2.52. The Bertz CT molecular complexity index is 541. The second-order valence-corrected chi connectivity index (χ2v) is 4.73. The van der Waals surface area contributed by atoms with Crippen LogP contribution in [-0.2, 0) is 0 Å². The molecule has 1 aliphatic rings. The van der Waals surface area contributed by atoms with Crippen molar-refractivity contribution in [3.63, 3.8) is 0 Å². The molecule has 0 radical (unpaired) electrons. The van der Waals surface area contributed by atoms with Crippen molar-refractivity contribution in [2.45, 2.75) is 25.8 Å². The van der Waals surface area contributed by atoms with E-state index < -0.39 is 0 Å². The van der Waals surface area contributed by atoms with Crippen LogP contribution >= 0.6 is 0 Å². The van der Waals surface area contributed by atoms with E-state index in [9.17, 15) is 5.11 Å². The van der Waals surface area contributed by atoms with Crippen molar-refractivity contribution in [1.82, 2.24) is 15.1 Å². The molecule has 0 spiro atoms. The van der Waals surface area contributed by atoms with E-state index >= 15 is 0 Å². The number of aromatic nitrogens is 2. The molecule has 1 fully saturated rings. The van der Waals surface area contributed by atoms with Gasteiger partial charge in [0.25, 0.3) is 0 Å². The number of hydrogen-bond acceptors (Lipinski definition) is 3. The largest absolute Gasteiger partial charge is 0.508 e. The topological polar surface area (TPSA) is 50.1 Å². The molecule has 4 nitrogen and oxygen atoms in total. The first-order chi connectivity index (χ1) is 8.25. The number of phenolic OH excluding ortho intramolecular Hbond substituents is 1. The zero-order valence-corrected chi connectivity index (χ0v) is 9.98. The van der Waals surface area contributed by atoms with E-state index in [4.69, 9.17) is 0 Å². The lowest BCUT2D eigenvalue weighted by atomic mass is 10.1. The van der Waals surface area contributed by atoms with Crippen LogP contribution in [0.3, 0.4) is 0 Å². The highest BCUT2D eigenvalue weighted by molar-refractivity contribution is 5.83. The summed E-state index contributed by atoms with van der Waals surface area (Å²) in [7, 11) is 0. The third-order valence-electron chi connectivity index (χ3n) is 3.49. The first-order valence-corrected chi connectivity index (χ1v) is 6.14. The fourth-order valence-corrected chi connectivity index (χ4v) is 2.60. The second kappa shape index (κ2) is 4.04. The van der Waals surface area contributed by atoms with Crippen molar-refractivity contribution in [3.05, 3.63) is 23.9 Å². The highest BCUT2D eigenvalue weighted by Gasteiger charge is 2.18. The third kappa shape index (κ3) is 1.78. The molecule has 0 saturated carbocycles. The van der Waals surface area contributed by atoms with Crippen molar-refractivity contribution < 1.29 is 5.11 Å². The third-order valence-corrected chi connectivity index (χ3v) is 3.49. The van der Waals surface area contributed by atoms with Crippen LogP contribution in [0, 0.1) is 6.92 Å². The zero-order valence-electron chi connectivity index (χ0n) is 9.98. The lowest BCUT2D eigenvalue weighted by Gasteiger charge is -2.23.